The normalized spacial score (nSPS) is 10.9. The smallest absolute Gasteiger partial charge is 0.244 e. The molecule has 0 radical (unpaired) electrons. The summed E-state index contributed by atoms with van der Waals surface area (Å²) in [5, 5.41) is 10.9. The molecule has 0 saturated carbocycles. The van der Waals surface area contributed by atoms with E-state index in [2.05, 4.69) is 15.3 Å². The van der Waals surface area contributed by atoms with Crippen LogP contribution in [0.25, 0.3) is 16.8 Å². The second kappa shape index (κ2) is 3.71. The van der Waals surface area contributed by atoms with E-state index >= 15 is 0 Å². The summed E-state index contributed by atoms with van der Waals surface area (Å²) >= 11 is 5.83. The molecular weight excluding hydrogens is 240 g/mol. The molecule has 0 aliphatic rings. The maximum absolute atomic E-state index is 11.4. The average Bonchev–Trinajstić information content (AvgIpc) is 2.73. The molecule has 0 bridgehead atoms. The van der Waals surface area contributed by atoms with Crippen molar-refractivity contribution in [3.8, 4) is 11.1 Å². The van der Waals surface area contributed by atoms with Crippen LogP contribution in [0.4, 0.5) is 0 Å². The fraction of sp³-hybridized carbons (Fsp3) is 0. The van der Waals surface area contributed by atoms with Gasteiger partial charge < -0.3 is 0 Å². The standard InChI is InChI=1S/C11H7ClN4O/c12-8-3-1-7(2-4-8)9-5-6-13-16-10(9)14-15-11(16)17/h1-6H,(H,15,17). The van der Waals surface area contributed by atoms with Crippen LogP contribution in [0.2, 0.25) is 5.02 Å². The van der Waals surface area contributed by atoms with E-state index in [1.165, 1.54) is 4.52 Å². The topological polar surface area (TPSA) is 63.0 Å². The molecule has 1 N–H and O–H groups in total. The Balaban J connectivity index is 2.30. The Morgan fingerprint density at radius 1 is 1.18 bits per heavy atom. The molecule has 3 aromatic rings. The summed E-state index contributed by atoms with van der Waals surface area (Å²) in [6.07, 6.45) is 1.56. The van der Waals surface area contributed by atoms with Crippen LogP contribution in [-0.2, 0) is 0 Å². The van der Waals surface area contributed by atoms with Gasteiger partial charge in [-0.2, -0.15) is 14.7 Å². The summed E-state index contributed by atoms with van der Waals surface area (Å²) in [4.78, 5) is 11.4. The highest BCUT2D eigenvalue weighted by molar-refractivity contribution is 6.30. The van der Waals surface area contributed by atoms with Crippen LogP contribution in [-0.4, -0.2) is 19.8 Å². The van der Waals surface area contributed by atoms with Gasteiger partial charge >= 0.3 is 5.69 Å². The van der Waals surface area contributed by atoms with Gasteiger partial charge in [0.1, 0.15) is 0 Å². The zero-order chi connectivity index (χ0) is 11.8. The number of halogens is 1. The number of benzene rings is 1. The predicted octanol–water partition coefficient (Wildman–Crippen LogP) is 1.74. The van der Waals surface area contributed by atoms with Crippen LogP contribution in [0.3, 0.4) is 0 Å². The lowest BCUT2D eigenvalue weighted by atomic mass is 10.1. The molecule has 2 heterocycles. The van der Waals surface area contributed by atoms with Crippen molar-refractivity contribution in [1.29, 1.82) is 0 Å². The first-order valence-corrected chi connectivity index (χ1v) is 5.32. The van der Waals surface area contributed by atoms with Crippen molar-refractivity contribution in [2.24, 2.45) is 0 Å². The van der Waals surface area contributed by atoms with Crippen LogP contribution < -0.4 is 5.69 Å². The van der Waals surface area contributed by atoms with Gasteiger partial charge in [0.25, 0.3) is 0 Å². The van der Waals surface area contributed by atoms with Crippen molar-refractivity contribution < 1.29 is 0 Å². The molecule has 3 rings (SSSR count). The maximum Gasteiger partial charge on any atom is 0.364 e. The number of fused-ring (bicyclic) bond motifs is 1. The molecule has 0 fully saturated rings. The van der Waals surface area contributed by atoms with E-state index < -0.39 is 0 Å². The molecule has 6 heteroatoms. The van der Waals surface area contributed by atoms with Gasteiger partial charge in [0.15, 0.2) is 5.65 Å². The highest BCUT2D eigenvalue weighted by Crippen LogP contribution is 2.23. The third kappa shape index (κ3) is 1.60. The van der Waals surface area contributed by atoms with Crippen LogP contribution >= 0.6 is 11.6 Å². The Labute approximate surface area is 101 Å². The van der Waals surface area contributed by atoms with Gasteiger partial charge in [-0.25, -0.2) is 9.89 Å². The molecule has 1 aromatic carbocycles. The van der Waals surface area contributed by atoms with Crippen molar-refractivity contribution in [1.82, 2.24) is 19.8 Å². The van der Waals surface area contributed by atoms with Gasteiger partial charge in [-0.3, -0.25) is 0 Å². The van der Waals surface area contributed by atoms with Crippen molar-refractivity contribution >= 4 is 17.2 Å². The zero-order valence-electron chi connectivity index (χ0n) is 8.59. The Hall–Kier alpha value is -2.14. The number of aromatic nitrogens is 4. The molecule has 0 saturated heterocycles. The molecule has 17 heavy (non-hydrogen) atoms. The fourth-order valence-electron chi connectivity index (χ4n) is 1.68. The first-order chi connectivity index (χ1) is 8.25. The summed E-state index contributed by atoms with van der Waals surface area (Å²) in [6, 6.07) is 9.13. The fourth-order valence-corrected chi connectivity index (χ4v) is 1.80. The number of H-pyrrole nitrogens is 1. The summed E-state index contributed by atoms with van der Waals surface area (Å²) in [5.74, 6) is 0. The minimum Gasteiger partial charge on any atom is -0.244 e. The molecular formula is C11H7ClN4O. The molecule has 5 nitrogen and oxygen atoms in total. The van der Waals surface area contributed by atoms with E-state index in [-0.39, 0.29) is 5.69 Å². The van der Waals surface area contributed by atoms with E-state index in [0.29, 0.717) is 10.7 Å². The van der Waals surface area contributed by atoms with Crippen molar-refractivity contribution in [2.45, 2.75) is 0 Å². The summed E-state index contributed by atoms with van der Waals surface area (Å²) < 4.78 is 1.23. The lowest BCUT2D eigenvalue weighted by molar-refractivity contribution is 0.880. The van der Waals surface area contributed by atoms with Crippen LogP contribution in [0, 0.1) is 0 Å². The first kappa shape index (κ1) is 10.0. The third-order valence-corrected chi connectivity index (χ3v) is 2.72. The number of aromatic amines is 1. The van der Waals surface area contributed by atoms with Gasteiger partial charge in [-0.05, 0) is 23.8 Å². The number of rotatable bonds is 1. The molecule has 0 amide bonds. The van der Waals surface area contributed by atoms with Gasteiger partial charge in [-0.1, -0.05) is 23.7 Å². The number of hydrogen-bond donors (Lipinski definition) is 1. The van der Waals surface area contributed by atoms with Gasteiger partial charge in [-0.15, -0.1) is 0 Å². The van der Waals surface area contributed by atoms with Crippen molar-refractivity contribution in [2.75, 3.05) is 0 Å². The Bertz CT molecular complexity index is 729. The van der Waals surface area contributed by atoms with Gasteiger partial charge in [0.2, 0.25) is 0 Å². The molecule has 0 spiro atoms. The monoisotopic (exact) mass is 246 g/mol. The van der Waals surface area contributed by atoms with Crippen LogP contribution in [0.1, 0.15) is 0 Å². The average molecular weight is 247 g/mol. The maximum atomic E-state index is 11.4. The van der Waals surface area contributed by atoms with E-state index in [0.717, 1.165) is 11.1 Å². The minimum atomic E-state index is -0.351. The quantitative estimate of drug-likeness (QED) is 0.711. The van der Waals surface area contributed by atoms with Crippen LogP contribution in [0.15, 0.2) is 41.3 Å². The zero-order valence-corrected chi connectivity index (χ0v) is 9.35. The van der Waals surface area contributed by atoms with E-state index in [9.17, 15) is 4.79 Å². The minimum absolute atomic E-state index is 0.351. The van der Waals surface area contributed by atoms with Crippen molar-refractivity contribution in [3.63, 3.8) is 0 Å². The Morgan fingerprint density at radius 2 is 1.94 bits per heavy atom. The highest BCUT2D eigenvalue weighted by atomic mass is 35.5. The lowest BCUT2D eigenvalue weighted by Crippen LogP contribution is -2.11. The molecule has 0 aliphatic heterocycles. The Morgan fingerprint density at radius 3 is 2.71 bits per heavy atom. The SMILES string of the molecule is O=c1[nH]nc2c(-c3ccc(Cl)cc3)ccnn12. The van der Waals surface area contributed by atoms with Crippen molar-refractivity contribution in [3.05, 3.63) is 52.0 Å². The number of nitrogens with one attached hydrogen (secondary N) is 1. The summed E-state index contributed by atoms with van der Waals surface area (Å²) in [5.41, 5.74) is 1.91. The third-order valence-electron chi connectivity index (χ3n) is 2.47. The van der Waals surface area contributed by atoms with Gasteiger partial charge in [0.05, 0.1) is 0 Å². The molecule has 0 unspecified atom stereocenters. The van der Waals surface area contributed by atoms with E-state index in [4.69, 9.17) is 11.6 Å². The van der Waals surface area contributed by atoms with E-state index in [1.54, 1.807) is 24.4 Å². The molecule has 84 valence electrons. The second-order valence-corrected chi connectivity index (χ2v) is 3.95. The Kier molecular flexibility index (Phi) is 2.19. The number of hydrogen-bond acceptors (Lipinski definition) is 3. The van der Waals surface area contributed by atoms with E-state index in [1.807, 2.05) is 12.1 Å². The molecule has 2 aromatic heterocycles. The lowest BCUT2D eigenvalue weighted by Gasteiger charge is -2.01. The summed E-state index contributed by atoms with van der Waals surface area (Å²) in [7, 11) is 0. The van der Waals surface area contributed by atoms with Gasteiger partial charge in [0, 0.05) is 16.8 Å². The number of nitrogens with zero attached hydrogens (tertiary/aromatic N) is 3. The second-order valence-electron chi connectivity index (χ2n) is 3.52. The van der Waals surface area contributed by atoms with Crippen LogP contribution in [0.5, 0.6) is 0 Å². The largest absolute Gasteiger partial charge is 0.364 e. The molecule has 0 atom stereocenters. The first-order valence-electron chi connectivity index (χ1n) is 4.94. The predicted molar refractivity (Wildman–Crippen MR) is 64.1 cm³/mol. The summed E-state index contributed by atoms with van der Waals surface area (Å²) in [6.45, 7) is 0. The highest BCUT2D eigenvalue weighted by Gasteiger charge is 2.08. The molecule has 0 aliphatic carbocycles.